The second-order valence-corrected chi connectivity index (χ2v) is 4.35. The van der Waals surface area contributed by atoms with Crippen LogP contribution < -0.4 is 0 Å². The maximum atomic E-state index is 5.32. The smallest absolute Gasteiger partial charge is 0.120 e. The van der Waals surface area contributed by atoms with Gasteiger partial charge in [0.15, 0.2) is 0 Å². The fraction of sp³-hybridized carbons (Fsp3) is 0.909. The highest BCUT2D eigenvalue weighted by atomic mass is 16.6. The van der Waals surface area contributed by atoms with Crippen molar-refractivity contribution in [3.63, 3.8) is 0 Å². The summed E-state index contributed by atoms with van der Waals surface area (Å²) in [4.78, 5) is 5.30. The zero-order chi connectivity index (χ0) is 10.7. The van der Waals surface area contributed by atoms with Gasteiger partial charge in [-0.3, -0.25) is 0 Å². The minimum absolute atomic E-state index is 0.137. The molecule has 2 rings (SSSR count). The van der Waals surface area contributed by atoms with Gasteiger partial charge in [0.05, 0.1) is 17.9 Å². The van der Waals surface area contributed by atoms with Crippen LogP contribution in [-0.2, 0) is 14.3 Å². The summed E-state index contributed by atoms with van der Waals surface area (Å²) in [6, 6.07) is 0. The van der Waals surface area contributed by atoms with Crippen LogP contribution in [0.2, 0.25) is 0 Å². The Morgan fingerprint density at radius 1 is 1.13 bits per heavy atom. The minimum atomic E-state index is 0.137. The van der Waals surface area contributed by atoms with Crippen molar-refractivity contribution in [3.05, 3.63) is 0 Å². The molecule has 2 aliphatic rings. The maximum absolute atomic E-state index is 5.32. The summed E-state index contributed by atoms with van der Waals surface area (Å²) in [5, 5.41) is 4.16. The molecule has 0 aromatic carbocycles. The molecule has 86 valence electrons. The van der Waals surface area contributed by atoms with Gasteiger partial charge in [-0.15, -0.1) is 0 Å². The first-order valence-corrected chi connectivity index (χ1v) is 5.56. The van der Waals surface area contributed by atoms with Gasteiger partial charge in [0, 0.05) is 27.1 Å². The van der Waals surface area contributed by atoms with Crippen molar-refractivity contribution in [1.29, 1.82) is 0 Å². The van der Waals surface area contributed by atoms with Crippen molar-refractivity contribution >= 4 is 5.71 Å². The van der Waals surface area contributed by atoms with E-state index in [2.05, 4.69) is 5.16 Å². The normalized spacial score (nSPS) is 33.6. The number of oxime groups is 1. The van der Waals surface area contributed by atoms with Crippen LogP contribution in [0.5, 0.6) is 0 Å². The average Bonchev–Trinajstić information content (AvgIpc) is 2.97. The summed E-state index contributed by atoms with van der Waals surface area (Å²) in [5.41, 5.74) is 1.06. The van der Waals surface area contributed by atoms with E-state index in [1.807, 2.05) is 0 Å². The summed E-state index contributed by atoms with van der Waals surface area (Å²) in [6.45, 7) is 0.777. The third-order valence-corrected chi connectivity index (χ3v) is 3.09. The molecule has 4 heteroatoms. The number of nitrogens with zero attached hydrogens (tertiary/aromatic N) is 1. The molecule has 0 unspecified atom stereocenters. The molecule has 0 heterocycles. The monoisotopic (exact) mass is 213 g/mol. The van der Waals surface area contributed by atoms with Crippen LogP contribution in [-0.4, -0.2) is 38.7 Å². The van der Waals surface area contributed by atoms with Gasteiger partial charge < -0.3 is 14.3 Å². The highest BCUT2D eigenvalue weighted by Gasteiger charge is 2.32. The van der Waals surface area contributed by atoms with E-state index in [9.17, 15) is 0 Å². The van der Waals surface area contributed by atoms with Crippen molar-refractivity contribution in [3.8, 4) is 0 Å². The third-order valence-electron chi connectivity index (χ3n) is 3.09. The molecule has 0 aliphatic heterocycles. The van der Waals surface area contributed by atoms with Crippen LogP contribution in [0, 0.1) is 5.92 Å². The lowest BCUT2D eigenvalue weighted by molar-refractivity contribution is -0.0157. The van der Waals surface area contributed by atoms with Gasteiger partial charge in [-0.1, -0.05) is 5.16 Å². The summed E-state index contributed by atoms with van der Waals surface area (Å²) < 4.78 is 10.6. The highest BCUT2D eigenvalue weighted by Crippen LogP contribution is 2.29. The van der Waals surface area contributed by atoms with E-state index in [1.54, 1.807) is 14.2 Å². The molecule has 0 bridgehead atoms. The molecule has 0 amide bonds. The van der Waals surface area contributed by atoms with E-state index in [4.69, 9.17) is 14.3 Å². The fourth-order valence-corrected chi connectivity index (χ4v) is 1.87. The second-order valence-electron chi connectivity index (χ2n) is 4.35. The molecule has 2 fully saturated rings. The molecule has 2 aliphatic carbocycles. The predicted octanol–water partition coefficient (Wildman–Crippen LogP) is 1.59. The number of hydrogen-bond donors (Lipinski definition) is 0. The largest absolute Gasteiger partial charge is 0.396 e. The van der Waals surface area contributed by atoms with Gasteiger partial charge in [0.25, 0.3) is 0 Å². The lowest BCUT2D eigenvalue weighted by Crippen LogP contribution is -2.23. The Balaban J connectivity index is 1.77. The first-order valence-electron chi connectivity index (χ1n) is 5.56. The van der Waals surface area contributed by atoms with Crippen LogP contribution in [0.1, 0.15) is 25.7 Å². The lowest BCUT2D eigenvalue weighted by atomic mass is 10.3. The van der Waals surface area contributed by atoms with E-state index in [1.165, 1.54) is 12.8 Å². The van der Waals surface area contributed by atoms with E-state index >= 15 is 0 Å². The second kappa shape index (κ2) is 4.94. The fourth-order valence-electron chi connectivity index (χ4n) is 1.87. The molecule has 0 radical (unpaired) electrons. The van der Waals surface area contributed by atoms with Crippen molar-refractivity contribution in [1.82, 2.24) is 0 Å². The van der Waals surface area contributed by atoms with Crippen molar-refractivity contribution in [2.45, 2.75) is 37.9 Å². The van der Waals surface area contributed by atoms with Crippen molar-refractivity contribution < 1.29 is 14.3 Å². The molecule has 2 atom stereocenters. The van der Waals surface area contributed by atoms with Crippen LogP contribution in [0.15, 0.2) is 5.16 Å². The maximum Gasteiger partial charge on any atom is 0.120 e. The van der Waals surface area contributed by atoms with E-state index in [0.29, 0.717) is 0 Å². The van der Waals surface area contributed by atoms with Gasteiger partial charge >= 0.3 is 0 Å². The van der Waals surface area contributed by atoms with E-state index in [0.717, 1.165) is 31.1 Å². The Kier molecular flexibility index (Phi) is 3.59. The first kappa shape index (κ1) is 10.9. The molecule has 15 heavy (non-hydrogen) atoms. The number of methoxy groups -OCH3 is 2. The minimum Gasteiger partial charge on any atom is -0.396 e. The third kappa shape index (κ3) is 2.92. The highest BCUT2D eigenvalue weighted by molar-refractivity contribution is 5.87. The Hall–Kier alpha value is -0.610. The average molecular weight is 213 g/mol. The number of hydrogen-bond acceptors (Lipinski definition) is 4. The summed E-state index contributed by atoms with van der Waals surface area (Å²) in [6.07, 6.45) is 4.54. The molecular formula is C11H19NO3. The SMILES string of the molecule is CO[C@H]1CC(=NOCC2CC2)C[C@H]1OC. The molecule has 0 aromatic heterocycles. The Morgan fingerprint density at radius 3 is 2.20 bits per heavy atom. The Labute approximate surface area is 90.6 Å². The predicted molar refractivity (Wildman–Crippen MR) is 56.9 cm³/mol. The van der Waals surface area contributed by atoms with Crippen molar-refractivity contribution in [2.24, 2.45) is 11.1 Å². The van der Waals surface area contributed by atoms with Crippen LogP contribution in [0.3, 0.4) is 0 Å². The number of rotatable bonds is 5. The van der Waals surface area contributed by atoms with Crippen LogP contribution in [0.25, 0.3) is 0 Å². The zero-order valence-corrected chi connectivity index (χ0v) is 9.44. The summed E-state index contributed by atoms with van der Waals surface area (Å²) >= 11 is 0. The van der Waals surface area contributed by atoms with Gasteiger partial charge in [0.2, 0.25) is 0 Å². The molecule has 0 aromatic rings. The number of ether oxygens (including phenoxy) is 2. The van der Waals surface area contributed by atoms with Gasteiger partial charge in [-0.25, -0.2) is 0 Å². The van der Waals surface area contributed by atoms with E-state index < -0.39 is 0 Å². The van der Waals surface area contributed by atoms with Gasteiger partial charge in [0.1, 0.15) is 6.61 Å². The van der Waals surface area contributed by atoms with Crippen LogP contribution in [0.4, 0.5) is 0 Å². The Morgan fingerprint density at radius 2 is 1.73 bits per heavy atom. The molecule has 4 nitrogen and oxygen atoms in total. The lowest BCUT2D eigenvalue weighted by Gasteiger charge is -2.14. The molecule has 0 N–H and O–H groups in total. The van der Waals surface area contributed by atoms with Crippen molar-refractivity contribution in [2.75, 3.05) is 20.8 Å². The van der Waals surface area contributed by atoms with Gasteiger partial charge in [-0.05, 0) is 18.8 Å². The Bertz CT molecular complexity index is 224. The first-order chi connectivity index (χ1) is 7.33. The summed E-state index contributed by atoms with van der Waals surface area (Å²) in [5.74, 6) is 0.757. The zero-order valence-electron chi connectivity index (χ0n) is 9.44. The standard InChI is InChI=1S/C11H19NO3/c1-13-10-5-9(6-11(10)14-2)12-15-7-8-3-4-8/h8,10-11H,3-7H2,1-2H3/t10-,11+. The molecular weight excluding hydrogens is 194 g/mol. The topological polar surface area (TPSA) is 40.0 Å². The quantitative estimate of drug-likeness (QED) is 0.651. The summed E-state index contributed by atoms with van der Waals surface area (Å²) in [7, 11) is 3.43. The molecule has 2 saturated carbocycles. The molecule has 0 spiro atoms. The molecule has 0 saturated heterocycles. The van der Waals surface area contributed by atoms with Crippen LogP contribution >= 0.6 is 0 Å². The van der Waals surface area contributed by atoms with Gasteiger partial charge in [-0.2, -0.15) is 0 Å². The van der Waals surface area contributed by atoms with E-state index in [-0.39, 0.29) is 12.2 Å².